The zero-order valence-electron chi connectivity index (χ0n) is 10.6. The lowest BCUT2D eigenvalue weighted by atomic mass is 10.1. The van der Waals surface area contributed by atoms with Crippen molar-refractivity contribution < 1.29 is 19.5 Å². The molecular weight excluding hydrogens is 238 g/mol. The van der Waals surface area contributed by atoms with Crippen LogP contribution in [0.15, 0.2) is 0 Å². The zero-order chi connectivity index (χ0) is 13.7. The van der Waals surface area contributed by atoms with Crippen molar-refractivity contribution >= 4 is 17.9 Å². The fourth-order valence-corrected chi connectivity index (χ4v) is 1.66. The molecule has 1 fully saturated rings. The number of aliphatic carboxylic acids is 1. The summed E-state index contributed by atoms with van der Waals surface area (Å²) in [6.45, 7) is -0.0488. The largest absolute Gasteiger partial charge is 0.481 e. The third kappa shape index (κ3) is 4.60. The highest BCUT2D eigenvalue weighted by Crippen LogP contribution is 2.34. The third-order valence-corrected chi connectivity index (χ3v) is 2.90. The van der Waals surface area contributed by atoms with Gasteiger partial charge in [-0.15, -0.1) is 0 Å². The molecular formula is C11H19N3O4. The van der Waals surface area contributed by atoms with E-state index in [1.54, 1.807) is 0 Å². The first-order chi connectivity index (χ1) is 8.43. The second kappa shape index (κ2) is 6.23. The number of nitrogens with one attached hydrogen (secondary N) is 2. The molecule has 1 atom stereocenters. The summed E-state index contributed by atoms with van der Waals surface area (Å²) in [4.78, 5) is 34.8. The Morgan fingerprint density at radius 1 is 1.39 bits per heavy atom. The summed E-state index contributed by atoms with van der Waals surface area (Å²) in [7, 11) is 2.99. The van der Waals surface area contributed by atoms with Crippen LogP contribution in [0.4, 0.5) is 4.79 Å². The van der Waals surface area contributed by atoms with Crippen LogP contribution in [0, 0.1) is 5.92 Å². The minimum absolute atomic E-state index is 0.0488. The van der Waals surface area contributed by atoms with Crippen molar-refractivity contribution in [3.05, 3.63) is 0 Å². The number of hydrogen-bond acceptors (Lipinski definition) is 3. The summed E-state index contributed by atoms with van der Waals surface area (Å²) in [6.07, 6.45) is 1.80. The molecule has 7 heteroatoms. The molecule has 0 radical (unpaired) electrons. The van der Waals surface area contributed by atoms with E-state index in [-0.39, 0.29) is 30.8 Å². The number of carboxylic acids is 1. The Hall–Kier alpha value is -1.79. The van der Waals surface area contributed by atoms with Gasteiger partial charge in [-0.3, -0.25) is 9.59 Å². The molecule has 1 aliphatic rings. The van der Waals surface area contributed by atoms with Crippen molar-refractivity contribution in [1.29, 1.82) is 0 Å². The first-order valence-electron chi connectivity index (χ1n) is 5.88. The van der Waals surface area contributed by atoms with Crippen LogP contribution < -0.4 is 10.6 Å². The van der Waals surface area contributed by atoms with E-state index >= 15 is 0 Å². The molecule has 7 nitrogen and oxygen atoms in total. The van der Waals surface area contributed by atoms with Crippen molar-refractivity contribution in [2.24, 2.45) is 5.92 Å². The van der Waals surface area contributed by atoms with Crippen molar-refractivity contribution in [3.8, 4) is 0 Å². The number of urea groups is 1. The Bertz CT molecular complexity index is 341. The molecule has 3 N–H and O–H groups in total. The molecule has 3 amide bonds. The van der Waals surface area contributed by atoms with Gasteiger partial charge in [-0.1, -0.05) is 0 Å². The Morgan fingerprint density at radius 2 is 2.00 bits per heavy atom. The third-order valence-electron chi connectivity index (χ3n) is 2.90. The van der Waals surface area contributed by atoms with Crippen LogP contribution in [0.25, 0.3) is 0 Å². The van der Waals surface area contributed by atoms with E-state index in [4.69, 9.17) is 5.11 Å². The van der Waals surface area contributed by atoms with Gasteiger partial charge in [-0.25, -0.2) is 4.79 Å². The van der Waals surface area contributed by atoms with E-state index in [9.17, 15) is 14.4 Å². The molecule has 0 aromatic heterocycles. The molecule has 1 rings (SSSR count). The first kappa shape index (κ1) is 14.3. The molecule has 0 bridgehead atoms. The van der Waals surface area contributed by atoms with Gasteiger partial charge >= 0.3 is 12.0 Å². The molecule has 18 heavy (non-hydrogen) atoms. The number of nitrogens with zero attached hydrogens (tertiary/aromatic N) is 1. The average molecular weight is 257 g/mol. The van der Waals surface area contributed by atoms with Gasteiger partial charge in [0.2, 0.25) is 5.91 Å². The second-order valence-corrected chi connectivity index (χ2v) is 4.52. The fraction of sp³-hybridized carbons (Fsp3) is 0.727. The molecule has 0 heterocycles. The van der Waals surface area contributed by atoms with Gasteiger partial charge in [-0.05, 0) is 18.8 Å². The van der Waals surface area contributed by atoms with E-state index in [0.717, 1.165) is 12.8 Å². The zero-order valence-corrected chi connectivity index (χ0v) is 10.6. The normalized spacial score (nSPS) is 15.7. The first-order valence-corrected chi connectivity index (χ1v) is 5.88. The smallest absolute Gasteiger partial charge is 0.317 e. The number of rotatable bonds is 6. The predicted octanol–water partition coefficient (Wildman–Crippen LogP) is -0.373. The molecule has 0 spiro atoms. The molecule has 1 aliphatic carbocycles. The van der Waals surface area contributed by atoms with Crippen molar-refractivity contribution in [1.82, 2.24) is 15.5 Å². The van der Waals surface area contributed by atoms with Crippen LogP contribution in [-0.4, -0.2) is 54.6 Å². The van der Waals surface area contributed by atoms with Gasteiger partial charge in [-0.2, -0.15) is 0 Å². The highest BCUT2D eigenvalue weighted by molar-refractivity contribution is 5.84. The highest BCUT2D eigenvalue weighted by atomic mass is 16.4. The topological polar surface area (TPSA) is 98.7 Å². The van der Waals surface area contributed by atoms with Crippen LogP contribution >= 0.6 is 0 Å². The van der Waals surface area contributed by atoms with Gasteiger partial charge in [0.05, 0.1) is 6.42 Å². The van der Waals surface area contributed by atoms with E-state index in [1.165, 1.54) is 19.0 Å². The molecule has 1 unspecified atom stereocenters. The number of carbonyl (C=O) groups excluding carboxylic acids is 2. The summed E-state index contributed by atoms with van der Waals surface area (Å²) in [5.41, 5.74) is 0. The SMILES string of the molecule is CNC(=O)CN(C)C(=O)NC(CC(=O)O)C1CC1. The molecule has 0 saturated heterocycles. The standard InChI is InChI=1S/C11H19N3O4/c1-12-9(15)6-14(2)11(18)13-8(5-10(16)17)7-3-4-7/h7-8H,3-6H2,1-2H3,(H,12,15)(H,13,18)(H,16,17). The fourth-order valence-electron chi connectivity index (χ4n) is 1.66. The van der Waals surface area contributed by atoms with E-state index in [0.29, 0.717) is 0 Å². The van der Waals surface area contributed by atoms with Gasteiger partial charge < -0.3 is 20.6 Å². The van der Waals surface area contributed by atoms with Crippen LogP contribution in [-0.2, 0) is 9.59 Å². The lowest BCUT2D eigenvalue weighted by Crippen LogP contribution is -2.47. The maximum atomic E-state index is 11.8. The second-order valence-electron chi connectivity index (χ2n) is 4.52. The summed E-state index contributed by atoms with van der Waals surface area (Å²) in [5, 5.41) is 13.8. The average Bonchev–Trinajstić information content (AvgIpc) is 3.10. The highest BCUT2D eigenvalue weighted by Gasteiger charge is 2.34. The van der Waals surface area contributed by atoms with Gasteiger partial charge in [0.15, 0.2) is 0 Å². The number of carboxylic acid groups (broad SMARTS) is 1. The van der Waals surface area contributed by atoms with Crippen molar-refractivity contribution in [2.45, 2.75) is 25.3 Å². The molecule has 1 saturated carbocycles. The summed E-state index contributed by atoms with van der Waals surface area (Å²) in [6, 6.07) is -0.765. The minimum Gasteiger partial charge on any atom is -0.481 e. The lowest BCUT2D eigenvalue weighted by molar-refractivity contribution is -0.137. The van der Waals surface area contributed by atoms with Gasteiger partial charge in [0.25, 0.3) is 0 Å². The van der Waals surface area contributed by atoms with Crippen molar-refractivity contribution in [2.75, 3.05) is 20.6 Å². The summed E-state index contributed by atoms with van der Waals surface area (Å²) < 4.78 is 0. The molecule has 0 aromatic rings. The Kier molecular flexibility index (Phi) is 4.94. The van der Waals surface area contributed by atoms with Crippen LogP contribution in [0.3, 0.4) is 0 Å². The lowest BCUT2D eigenvalue weighted by Gasteiger charge is -2.22. The predicted molar refractivity (Wildman–Crippen MR) is 64.0 cm³/mol. The van der Waals surface area contributed by atoms with Crippen molar-refractivity contribution in [3.63, 3.8) is 0 Å². The van der Waals surface area contributed by atoms with Crippen LogP contribution in [0.5, 0.6) is 0 Å². The van der Waals surface area contributed by atoms with E-state index < -0.39 is 12.0 Å². The maximum absolute atomic E-state index is 11.8. The molecule has 102 valence electrons. The maximum Gasteiger partial charge on any atom is 0.317 e. The molecule has 0 aromatic carbocycles. The monoisotopic (exact) mass is 257 g/mol. The number of carbonyl (C=O) groups is 3. The van der Waals surface area contributed by atoms with Gasteiger partial charge in [0.1, 0.15) is 6.54 Å². The van der Waals surface area contributed by atoms with Crippen LogP contribution in [0.2, 0.25) is 0 Å². The van der Waals surface area contributed by atoms with Gasteiger partial charge in [0, 0.05) is 20.1 Å². The summed E-state index contributed by atoms with van der Waals surface area (Å²) in [5.74, 6) is -0.950. The Labute approximate surface area is 106 Å². The number of likely N-dealkylation sites (N-methyl/N-ethyl adjacent to an activating group) is 2. The minimum atomic E-state index is -0.929. The number of hydrogen-bond donors (Lipinski definition) is 3. The molecule has 0 aliphatic heterocycles. The number of amides is 3. The van der Waals surface area contributed by atoms with E-state index in [2.05, 4.69) is 10.6 Å². The Morgan fingerprint density at radius 3 is 2.44 bits per heavy atom. The van der Waals surface area contributed by atoms with Crippen LogP contribution in [0.1, 0.15) is 19.3 Å². The van der Waals surface area contributed by atoms with E-state index in [1.807, 2.05) is 0 Å². The Balaban J connectivity index is 2.44. The quantitative estimate of drug-likeness (QED) is 0.604. The summed E-state index contributed by atoms with van der Waals surface area (Å²) >= 11 is 0.